The summed E-state index contributed by atoms with van der Waals surface area (Å²) < 4.78 is 0. The lowest BCUT2D eigenvalue weighted by molar-refractivity contribution is -0.757. The number of rotatable bonds is 7. The zero-order chi connectivity index (χ0) is 12.7. The van der Waals surface area contributed by atoms with E-state index in [1.807, 2.05) is 4.90 Å². The number of carboxylic acid groups (broad SMARTS) is 1. The summed E-state index contributed by atoms with van der Waals surface area (Å²) in [4.78, 5) is 28.6. The third-order valence-electron chi connectivity index (χ3n) is 2.64. The van der Waals surface area contributed by atoms with Crippen LogP contribution in [0.25, 0.3) is 0 Å². The molecular weight excluding hydrogens is 230 g/mol. The number of carboxylic acids is 1. The highest BCUT2D eigenvalue weighted by atomic mass is 16.9. The topological polar surface area (TPSA) is 96.2 Å². The zero-order valence-electron chi connectivity index (χ0n) is 9.58. The summed E-state index contributed by atoms with van der Waals surface area (Å²) in [5, 5.41) is 17.7. The van der Waals surface area contributed by atoms with Gasteiger partial charge in [0.2, 0.25) is 0 Å². The van der Waals surface area contributed by atoms with E-state index in [0.717, 1.165) is 32.7 Å². The smallest absolute Gasteiger partial charge is 0.317 e. The summed E-state index contributed by atoms with van der Waals surface area (Å²) in [6.07, 6.45) is 0.611. The maximum atomic E-state index is 10.5. The molecule has 1 saturated heterocycles. The van der Waals surface area contributed by atoms with Gasteiger partial charge in [0.15, 0.2) is 0 Å². The van der Waals surface area contributed by atoms with Gasteiger partial charge >= 0.3 is 5.97 Å². The van der Waals surface area contributed by atoms with Crippen LogP contribution in [0.4, 0.5) is 0 Å². The Morgan fingerprint density at radius 2 is 1.88 bits per heavy atom. The highest BCUT2D eigenvalue weighted by molar-refractivity contribution is 5.69. The molecule has 98 valence electrons. The van der Waals surface area contributed by atoms with Crippen LogP contribution in [0, 0.1) is 10.1 Å². The molecule has 0 radical (unpaired) electrons. The number of carbonyl (C=O) groups is 1. The lowest BCUT2D eigenvalue weighted by Gasteiger charge is -2.33. The van der Waals surface area contributed by atoms with Gasteiger partial charge in [0, 0.05) is 32.7 Å². The molecule has 8 nitrogen and oxygen atoms in total. The van der Waals surface area contributed by atoms with Crippen molar-refractivity contribution in [1.82, 2.24) is 9.80 Å². The van der Waals surface area contributed by atoms with Gasteiger partial charge in [-0.05, 0) is 6.42 Å². The Kier molecular flexibility index (Phi) is 5.64. The van der Waals surface area contributed by atoms with Crippen molar-refractivity contribution in [3.63, 3.8) is 0 Å². The van der Waals surface area contributed by atoms with E-state index in [9.17, 15) is 14.9 Å². The summed E-state index contributed by atoms with van der Waals surface area (Å²) >= 11 is 0. The molecule has 0 aromatic carbocycles. The predicted molar refractivity (Wildman–Crippen MR) is 58.1 cm³/mol. The Morgan fingerprint density at radius 1 is 1.29 bits per heavy atom. The summed E-state index contributed by atoms with van der Waals surface area (Å²) in [6, 6.07) is 0. The molecule has 1 fully saturated rings. The van der Waals surface area contributed by atoms with E-state index in [2.05, 4.69) is 9.74 Å². The molecule has 17 heavy (non-hydrogen) atoms. The first kappa shape index (κ1) is 13.7. The van der Waals surface area contributed by atoms with E-state index >= 15 is 0 Å². The molecule has 0 amide bonds. The minimum absolute atomic E-state index is 0.0816. The van der Waals surface area contributed by atoms with Crippen molar-refractivity contribution in [3.8, 4) is 0 Å². The molecule has 0 aromatic rings. The molecule has 0 aromatic heterocycles. The van der Waals surface area contributed by atoms with Crippen LogP contribution < -0.4 is 0 Å². The Bertz CT molecular complexity index is 263. The van der Waals surface area contributed by atoms with E-state index in [4.69, 9.17) is 5.11 Å². The minimum Gasteiger partial charge on any atom is -0.480 e. The quantitative estimate of drug-likeness (QED) is 0.360. The number of hydrogen-bond donors (Lipinski definition) is 1. The molecule has 1 rings (SSSR count). The first-order valence-electron chi connectivity index (χ1n) is 5.52. The van der Waals surface area contributed by atoms with Crippen molar-refractivity contribution < 1.29 is 19.8 Å². The van der Waals surface area contributed by atoms with Crippen molar-refractivity contribution in [2.24, 2.45) is 0 Å². The van der Waals surface area contributed by atoms with Gasteiger partial charge in [0.05, 0.1) is 13.2 Å². The highest BCUT2D eigenvalue weighted by Gasteiger charge is 2.17. The zero-order valence-corrected chi connectivity index (χ0v) is 9.58. The van der Waals surface area contributed by atoms with Gasteiger partial charge in [0.1, 0.15) is 0 Å². The third-order valence-corrected chi connectivity index (χ3v) is 2.64. The number of piperazine rings is 1. The second kappa shape index (κ2) is 7.02. The molecule has 1 aliphatic rings. The molecule has 0 unspecified atom stereocenters. The normalized spacial score (nSPS) is 17.9. The molecule has 0 atom stereocenters. The van der Waals surface area contributed by atoms with E-state index in [-0.39, 0.29) is 13.2 Å². The number of aliphatic carboxylic acids is 1. The largest absolute Gasteiger partial charge is 0.480 e. The second-order valence-electron chi connectivity index (χ2n) is 3.92. The summed E-state index contributed by atoms with van der Waals surface area (Å²) in [5.74, 6) is -0.808. The average molecular weight is 247 g/mol. The molecule has 0 spiro atoms. The van der Waals surface area contributed by atoms with Gasteiger partial charge in [-0.15, -0.1) is 10.1 Å². The fraction of sp³-hybridized carbons (Fsp3) is 0.889. The average Bonchev–Trinajstić information content (AvgIpc) is 2.25. The van der Waals surface area contributed by atoms with E-state index in [0.29, 0.717) is 6.42 Å². The Hall–Kier alpha value is -1.41. The standard InChI is InChI=1S/C9H17N3O5/c13-9(14)8-11-5-3-10(4-6-11)2-1-7-17-12(15)16/h1-8H2,(H,13,14). The van der Waals surface area contributed by atoms with Crippen molar-refractivity contribution >= 4 is 5.97 Å². The molecule has 0 saturated carbocycles. The Balaban J connectivity index is 2.06. The van der Waals surface area contributed by atoms with Gasteiger partial charge < -0.3 is 14.8 Å². The van der Waals surface area contributed by atoms with Crippen LogP contribution in [0.1, 0.15) is 6.42 Å². The van der Waals surface area contributed by atoms with Crippen LogP contribution in [-0.2, 0) is 9.63 Å². The SMILES string of the molecule is O=C(O)CN1CCN(CCCO[N+](=O)[O-])CC1. The van der Waals surface area contributed by atoms with E-state index in [1.165, 1.54) is 0 Å². The van der Waals surface area contributed by atoms with Crippen LogP contribution in [0.3, 0.4) is 0 Å². The molecule has 0 bridgehead atoms. The van der Waals surface area contributed by atoms with Gasteiger partial charge in [-0.1, -0.05) is 0 Å². The van der Waals surface area contributed by atoms with Crippen molar-refractivity contribution in [2.45, 2.75) is 6.42 Å². The first-order valence-corrected chi connectivity index (χ1v) is 5.52. The number of hydrogen-bond acceptors (Lipinski definition) is 6. The third kappa shape index (κ3) is 6.03. The lowest BCUT2D eigenvalue weighted by Crippen LogP contribution is -2.48. The van der Waals surface area contributed by atoms with Crippen LogP contribution >= 0.6 is 0 Å². The molecule has 1 N–H and O–H groups in total. The lowest BCUT2D eigenvalue weighted by atomic mass is 10.3. The van der Waals surface area contributed by atoms with Crippen LogP contribution in [-0.4, -0.2) is 71.8 Å². The molecule has 0 aliphatic carbocycles. The van der Waals surface area contributed by atoms with Gasteiger partial charge in [-0.3, -0.25) is 9.69 Å². The number of nitrogens with zero attached hydrogens (tertiary/aromatic N) is 3. The van der Waals surface area contributed by atoms with Crippen molar-refractivity contribution in [1.29, 1.82) is 0 Å². The highest BCUT2D eigenvalue weighted by Crippen LogP contribution is 2.02. The van der Waals surface area contributed by atoms with Gasteiger partial charge in [-0.25, -0.2) is 0 Å². The molecule has 8 heteroatoms. The summed E-state index contributed by atoms with van der Waals surface area (Å²) in [6.45, 7) is 3.98. The Labute approximate surface area is 98.8 Å². The fourth-order valence-electron chi connectivity index (χ4n) is 1.79. The Morgan fingerprint density at radius 3 is 2.41 bits per heavy atom. The molecular formula is C9H17N3O5. The van der Waals surface area contributed by atoms with Gasteiger partial charge in [0.25, 0.3) is 5.09 Å². The maximum absolute atomic E-state index is 10.5. The molecule has 1 aliphatic heterocycles. The van der Waals surface area contributed by atoms with Crippen LogP contribution in [0.5, 0.6) is 0 Å². The minimum atomic E-state index is -0.808. The van der Waals surface area contributed by atoms with Gasteiger partial charge in [-0.2, -0.15) is 0 Å². The van der Waals surface area contributed by atoms with Crippen LogP contribution in [0.15, 0.2) is 0 Å². The predicted octanol–water partition coefficient (Wildman–Crippen LogP) is -0.713. The second-order valence-corrected chi connectivity index (χ2v) is 3.92. The monoisotopic (exact) mass is 247 g/mol. The van der Waals surface area contributed by atoms with E-state index in [1.54, 1.807) is 0 Å². The summed E-state index contributed by atoms with van der Waals surface area (Å²) in [5.41, 5.74) is 0. The van der Waals surface area contributed by atoms with E-state index < -0.39 is 11.1 Å². The first-order chi connectivity index (χ1) is 8.08. The van der Waals surface area contributed by atoms with Crippen LogP contribution in [0.2, 0.25) is 0 Å². The van der Waals surface area contributed by atoms with Crippen molar-refractivity contribution in [3.05, 3.63) is 10.1 Å². The molecule has 1 heterocycles. The van der Waals surface area contributed by atoms with Crippen molar-refractivity contribution in [2.75, 3.05) is 45.9 Å². The maximum Gasteiger partial charge on any atom is 0.317 e. The fourth-order valence-corrected chi connectivity index (χ4v) is 1.79. The summed E-state index contributed by atoms with van der Waals surface area (Å²) in [7, 11) is 0.